The quantitative estimate of drug-likeness (QED) is 0.441. The van der Waals surface area contributed by atoms with Crippen LogP contribution in [-0.4, -0.2) is 62.3 Å². The molecular formula is C30H34FN3O5. The van der Waals surface area contributed by atoms with Crippen molar-refractivity contribution in [2.75, 3.05) is 44.4 Å². The predicted molar refractivity (Wildman–Crippen MR) is 144 cm³/mol. The van der Waals surface area contributed by atoms with Crippen molar-refractivity contribution < 1.29 is 27.9 Å². The summed E-state index contributed by atoms with van der Waals surface area (Å²) in [6.45, 7) is 6.38. The van der Waals surface area contributed by atoms with Crippen LogP contribution in [-0.2, 0) is 20.8 Å². The average molecular weight is 536 g/mol. The zero-order valence-corrected chi connectivity index (χ0v) is 22.1. The molecule has 3 heterocycles. The topological polar surface area (TPSA) is 84.2 Å². The first-order valence-corrected chi connectivity index (χ1v) is 13.4. The van der Waals surface area contributed by atoms with Crippen molar-refractivity contribution >= 4 is 17.5 Å². The minimum atomic E-state index is -1.06. The van der Waals surface area contributed by atoms with E-state index in [2.05, 4.69) is 10.2 Å². The normalized spacial score (nSPS) is 18.6. The highest BCUT2D eigenvalue weighted by Gasteiger charge is 2.35. The highest BCUT2D eigenvalue weighted by molar-refractivity contribution is 6.08. The van der Waals surface area contributed by atoms with Crippen molar-refractivity contribution in [3.63, 3.8) is 0 Å². The van der Waals surface area contributed by atoms with Crippen LogP contribution in [0.15, 0.2) is 65.1 Å². The number of hydrogen-bond acceptors (Lipinski definition) is 6. The second kappa shape index (κ2) is 12.5. The lowest BCUT2D eigenvalue weighted by atomic mass is 10.0. The molecule has 9 heteroatoms. The van der Waals surface area contributed by atoms with Crippen molar-refractivity contribution in [2.24, 2.45) is 0 Å². The number of hydrogen-bond donors (Lipinski definition) is 1. The third-order valence-corrected chi connectivity index (χ3v) is 7.07. The number of ether oxygens (including phenoxy) is 2. The Balaban J connectivity index is 1.48. The molecule has 8 nitrogen and oxygen atoms in total. The maximum absolute atomic E-state index is 14.1. The summed E-state index contributed by atoms with van der Waals surface area (Å²) in [7, 11) is 0. The Hall–Kier alpha value is -3.53. The van der Waals surface area contributed by atoms with Gasteiger partial charge in [0.25, 0.3) is 5.91 Å². The van der Waals surface area contributed by atoms with Crippen LogP contribution in [0.3, 0.4) is 0 Å². The van der Waals surface area contributed by atoms with Crippen LogP contribution in [0, 0.1) is 12.7 Å². The van der Waals surface area contributed by atoms with Crippen LogP contribution in [0.1, 0.15) is 46.3 Å². The number of halogens is 1. The Kier molecular flexibility index (Phi) is 8.71. The molecule has 0 radical (unpaired) electrons. The van der Waals surface area contributed by atoms with E-state index in [0.29, 0.717) is 49.9 Å². The molecule has 0 unspecified atom stereocenters. The van der Waals surface area contributed by atoms with Crippen molar-refractivity contribution in [3.05, 3.63) is 89.1 Å². The standard InChI is InChI=1S/C30H34FN3O5/c1-21-4-2-5-24(18-21)34(30(36)27-12-11-26(39-27)20-33-13-16-37-17-14-33)28(22-7-9-23(31)10-8-22)29(35)32-19-25-6-3-15-38-25/h2,4-5,7-12,18,25,28H,3,6,13-17,19-20H2,1H3,(H,32,35)/t25-,28-/m1/s1. The Morgan fingerprint density at radius 1 is 1.08 bits per heavy atom. The summed E-state index contributed by atoms with van der Waals surface area (Å²) >= 11 is 0. The monoisotopic (exact) mass is 535 g/mol. The third-order valence-electron chi connectivity index (χ3n) is 7.07. The van der Waals surface area contributed by atoms with Crippen LogP contribution in [0.25, 0.3) is 0 Å². The fourth-order valence-electron chi connectivity index (χ4n) is 5.02. The van der Waals surface area contributed by atoms with Gasteiger partial charge in [-0.05, 0) is 67.3 Å². The maximum atomic E-state index is 14.1. The lowest BCUT2D eigenvalue weighted by molar-refractivity contribution is -0.123. The molecule has 0 spiro atoms. The molecule has 5 rings (SSSR count). The molecule has 0 aliphatic carbocycles. The molecule has 0 bridgehead atoms. The SMILES string of the molecule is Cc1cccc(N(C(=O)c2ccc(CN3CCOCC3)o2)[C@@H](C(=O)NC[C@H]2CCCO2)c2ccc(F)cc2)c1. The van der Waals surface area contributed by atoms with Gasteiger partial charge in [0.15, 0.2) is 5.76 Å². The maximum Gasteiger partial charge on any atom is 0.294 e. The highest BCUT2D eigenvalue weighted by atomic mass is 19.1. The van der Waals surface area contributed by atoms with Gasteiger partial charge >= 0.3 is 0 Å². The molecular weight excluding hydrogens is 501 g/mol. The summed E-state index contributed by atoms with van der Waals surface area (Å²) in [4.78, 5) is 31.5. The van der Waals surface area contributed by atoms with Crippen LogP contribution in [0.5, 0.6) is 0 Å². The predicted octanol–water partition coefficient (Wildman–Crippen LogP) is 4.24. The Morgan fingerprint density at radius 2 is 1.87 bits per heavy atom. The van der Waals surface area contributed by atoms with Gasteiger partial charge in [0, 0.05) is 31.9 Å². The number of morpholine rings is 1. The minimum absolute atomic E-state index is 0.0706. The van der Waals surface area contributed by atoms with Gasteiger partial charge in [-0.1, -0.05) is 24.3 Å². The fourth-order valence-corrected chi connectivity index (χ4v) is 5.02. The van der Waals surface area contributed by atoms with Crippen molar-refractivity contribution in [1.29, 1.82) is 0 Å². The smallest absolute Gasteiger partial charge is 0.294 e. The number of furan rings is 1. The Morgan fingerprint density at radius 3 is 2.59 bits per heavy atom. The number of carbonyl (C=O) groups excluding carboxylic acids is 2. The third kappa shape index (κ3) is 6.73. The highest BCUT2D eigenvalue weighted by Crippen LogP contribution is 2.31. The first-order valence-electron chi connectivity index (χ1n) is 13.4. The summed E-state index contributed by atoms with van der Waals surface area (Å²) < 4.78 is 31.0. The Bertz CT molecular complexity index is 1270. The molecule has 0 saturated carbocycles. The number of aryl methyl sites for hydroxylation is 1. The number of nitrogens with one attached hydrogen (secondary N) is 1. The molecule has 2 atom stereocenters. The van der Waals surface area contributed by atoms with Crippen LogP contribution >= 0.6 is 0 Å². The van der Waals surface area contributed by atoms with E-state index in [1.165, 1.54) is 29.2 Å². The fraction of sp³-hybridized carbons (Fsp3) is 0.400. The molecule has 2 aliphatic rings. The van der Waals surface area contributed by atoms with Crippen molar-refractivity contribution in [2.45, 2.75) is 38.5 Å². The first-order chi connectivity index (χ1) is 19.0. The number of rotatable bonds is 9. The van der Waals surface area contributed by atoms with Crippen molar-refractivity contribution in [3.8, 4) is 0 Å². The van der Waals surface area contributed by atoms with E-state index < -0.39 is 17.8 Å². The first kappa shape index (κ1) is 27.1. The summed E-state index contributed by atoms with van der Waals surface area (Å²) in [6, 6.07) is 15.4. The molecule has 39 heavy (non-hydrogen) atoms. The van der Waals surface area contributed by atoms with Gasteiger partial charge in [-0.15, -0.1) is 0 Å². The second-order valence-corrected chi connectivity index (χ2v) is 10.0. The van der Waals surface area contributed by atoms with E-state index in [1.807, 2.05) is 25.1 Å². The van der Waals surface area contributed by atoms with E-state index in [1.54, 1.807) is 18.2 Å². The molecule has 3 aromatic rings. The number of nitrogens with zero attached hydrogens (tertiary/aromatic N) is 2. The summed E-state index contributed by atoms with van der Waals surface area (Å²) in [5.74, 6) is -0.489. The van der Waals surface area contributed by atoms with Gasteiger partial charge in [-0.3, -0.25) is 19.4 Å². The molecule has 2 amide bonds. The van der Waals surface area contributed by atoms with Gasteiger partial charge in [0.2, 0.25) is 5.91 Å². The average Bonchev–Trinajstić information content (AvgIpc) is 3.64. The largest absolute Gasteiger partial charge is 0.455 e. The zero-order chi connectivity index (χ0) is 27.2. The summed E-state index contributed by atoms with van der Waals surface area (Å²) in [5, 5.41) is 2.97. The number of benzene rings is 2. The molecule has 2 aliphatic heterocycles. The van der Waals surface area contributed by atoms with Crippen molar-refractivity contribution in [1.82, 2.24) is 10.2 Å². The van der Waals surface area contributed by atoms with Gasteiger partial charge in [0.1, 0.15) is 17.6 Å². The van der Waals surface area contributed by atoms with Gasteiger partial charge in [-0.2, -0.15) is 0 Å². The number of carbonyl (C=O) groups is 2. The number of amides is 2. The minimum Gasteiger partial charge on any atom is -0.455 e. The van der Waals surface area contributed by atoms with Gasteiger partial charge in [0.05, 0.1) is 25.9 Å². The molecule has 206 valence electrons. The number of anilines is 1. The second-order valence-electron chi connectivity index (χ2n) is 10.0. The molecule has 2 fully saturated rings. The molecule has 1 aromatic heterocycles. The summed E-state index contributed by atoms with van der Waals surface area (Å²) in [6.07, 6.45) is 1.74. The van der Waals surface area contributed by atoms with Crippen LogP contribution in [0.2, 0.25) is 0 Å². The van der Waals surface area contributed by atoms with Gasteiger partial charge in [-0.25, -0.2) is 4.39 Å². The summed E-state index contributed by atoms with van der Waals surface area (Å²) in [5.41, 5.74) is 1.94. The van der Waals surface area contributed by atoms with Crippen LogP contribution in [0.4, 0.5) is 10.1 Å². The van der Waals surface area contributed by atoms with Gasteiger partial charge < -0.3 is 19.2 Å². The van der Waals surface area contributed by atoms with E-state index in [0.717, 1.165) is 31.5 Å². The van der Waals surface area contributed by atoms with E-state index in [-0.39, 0.29) is 17.8 Å². The van der Waals surface area contributed by atoms with Crippen LogP contribution < -0.4 is 10.2 Å². The lowest BCUT2D eigenvalue weighted by Gasteiger charge is -2.31. The Labute approximate surface area is 227 Å². The molecule has 2 saturated heterocycles. The lowest BCUT2D eigenvalue weighted by Crippen LogP contribution is -2.45. The van der Waals surface area contributed by atoms with E-state index >= 15 is 0 Å². The molecule has 2 aromatic carbocycles. The zero-order valence-electron chi connectivity index (χ0n) is 22.1. The van der Waals surface area contributed by atoms with E-state index in [4.69, 9.17) is 13.9 Å². The molecule has 1 N–H and O–H groups in total. The van der Waals surface area contributed by atoms with E-state index in [9.17, 15) is 14.0 Å².